The molecule has 0 spiro atoms. The maximum Gasteiger partial charge on any atom is 0.253 e. The Kier molecular flexibility index (Phi) is 6.68. The van der Waals surface area contributed by atoms with Gasteiger partial charge in [0.25, 0.3) is 5.91 Å². The molecule has 2 fully saturated rings. The molecule has 2 heterocycles. The third kappa shape index (κ3) is 5.41. The zero-order valence-corrected chi connectivity index (χ0v) is 17.6. The van der Waals surface area contributed by atoms with Crippen molar-refractivity contribution in [2.45, 2.75) is 44.4 Å². The predicted octanol–water partition coefficient (Wildman–Crippen LogP) is 3.22. The summed E-state index contributed by atoms with van der Waals surface area (Å²) in [4.78, 5) is 21.4. The van der Waals surface area contributed by atoms with Crippen molar-refractivity contribution in [3.63, 3.8) is 0 Å². The molecule has 1 aromatic rings. The van der Waals surface area contributed by atoms with Gasteiger partial charge in [-0.25, -0.2) is 0 Å². The molecule has 0 unspecified atom stereocenters. The summed E-state index contributed by atoms with van der Waals surface area (Å²) < 4.78 is 0.256. The minimum absolute atomic E-state index is 0.165. The second kappa shape index (κ2) is 9.00. The Labute approximate surface area is 167 Å². The summed E-state index contributed by atoms with van der Waals surface area (Å²) >= 11 is 2.02. The zero-order valence-electron chi connectivity index (χ0n) is 16.8. The van der Waals surface area contributed by atoms with E-state index in [2.05, 4.69) is 29.1 Å². The molecule has 2 aliphatic rings. The lowest BCUT2D eigenvalue weighted by molar-refractivity contribution is 0.0724. The van der Waals surface area contributed by atoms with Crippen molar-refractivity contribution in [2.24, 2.45) is 4.99 Å². The van der Waals surface area contributed by atoms with Gasteiger partial charge in [0.2, 0.25) is 0 Å². The Bertz CT molecular complexity index is 665. The summed E-state index contributed by atoms with van der Waals surface area (Å²) in [5.74, 6) is 2.25. The molecular formula is C21H32N4OS. The Morgan fingerprint density at radius 1 is 1.11 bits per heavy atom. The fourth-order valence-corrected chi connectivity index (χ4v) is 4.87. The monoisotopic (exact) mass is 388 g/mol. The number of benzene rings is 1. The number of thioether (sulfide) groups is 1. The van der Waals surface area contributed by atoms with E-state index in [1.807, 2.05) is 48.0 Å². The number of carbonyl (C=O) groups excluding carboxylic acids is 1. The molecule has 1 amide bonds. The van der Waals surface area contributed by atoms with Gasteiger partial charge in [-0.15, -0.1) is 0 Å². The number of carbonyl (C=O) groups is 1. The molecule has 3 rings (SSSR count). The molecular weight excluding hydrogens is 356 g/mol. The van der Waals surface area contributed by atoms with E-state index in [0.29, 0.717) is 0 Å². The summed E-state index contributed by atoms with van der Waals surface area (Å²) in [5, 5.41) is 3.48. The fraction of sp³-hybridized carbons (Fsp3) is 0.619. The molecule has 5 nitrogen and oxygen atoms in total. The van der Waals surface area contributed by atoms with Gasteiger partial charge in [0.05, 0.1) is 0 Å². The maximum absolute atomic E-state index is 12.6. The Morgan fingerprint density at radius 3 is 2.44 bits per heavy atom. The van der Waals surface area contributed by atoms with Crippen molar-refractivity contribution in [1.82, 2.24) is 15.1 Å². The van der Waals surface area contributed by atoms with E-state index < -0.39 is 0 Å². The zero-order chi connectivity index (χ0) is 19.3. The van der Waals surface area contributed by atoms with Gasteiger partial charge in [-0.05, 0) is 50.8 Å². The highest BCUT2D eigenvalue weighted by atomic mass is 32.2. The molecule has 2 aliphatic heterocycles. The summed E-state index contributed by atoms with van der Waals surface area (Å²) in [6, 6.07) is 8.01. The second-order valence-electron chi connectivity index (χ2n) is 7.98. The minimum Gasteiger partial charge on any atom is -0.352 e. The number of likely N-dealkylation sites (tertiary alicyclic amines) is 1. The van der Waals surface area contributed by atoms with E-state index in [4.69, 9.17) is 0 Å². The molecule has 2 saturated heterocycles. The lowest BCUT2D eigenvalue weighted by Gasteiger charge is -2.39. The van der Waals surface area contributed by atoms with Crippen molar-refractivity contribution < 1.29 is 4.79 Å². The summed E-state index contributed by atoms with van der Waals surface area (Å²) in [6.07, 6.45) is 3.49. The van der Waals surface area contributed by atoms with E-state index in [1.165, 1.54) is 6.42 Å². The first-order valence-corrected chi connectivity index (χ1v) is 10.9. The highest BCUT2D eigenvalue weighted by Crippen LogP contribution is 2.29. The first kappa shape index (κ1) is 20.1. The van der Waals surface area contributed by atoms with Crippen molar-refractivity contribution >= 4 is 23.6 Å². The van der Waals surface area contributed by atoms with Gasteiger partial charge in [-0.3, -0.25) is 9.79 Å². The lowest BCUT2D eigenvalue weighted by atomic mass is 10.1. The molecule has 6 heteroatoms. The van der Waals surface area contributed by atoms with Crippen LogP contribution in [0.2, 0.25) is 0 Å². The SMILES string of the molecule is CN=C(NCc1ccc(C(=O)N2CCCCC2)cc1)N1CCSC(C)(C)C1. The van der Waals surface area contributed by atoms with Gasteiger partial charge in [0.1, 0.15) is 0 Å². The van der Waals surface area contributed by atoms with Crippen LogP contribution in [0.5, 0.6) is 0 Å². The molecule has 0 atom stereocenters. The number of rotatable bonds is 3. The number of nitrogens with one attached hydrogen (secondary N) is 1. The molecule has 0 aliphatic carbocycles. The van der Waals surface area contributed by atoms with E-state index in [0.717, 1.165) is 68.4 Å². The van der Waals surface area contributed by atoms with E-state index >= 15 is 0 Å². The highest BCUT2D eigenvalue weighted by Gasteiger charge is 2.28. The van der Waals surface area contributed by atoms with Crippen LogP contribution in [-0.4, -0.2) is 65.4 Å². The first-order chi connectivity index (χ1) is 13.0. The molecule has 148 valence electrons. The van der Waals surface area contributed by atoms with Crippen LogP contribution in [0.15, 0.2) is 29.3 Å². The third-order valence-electron chi connectivity index (χ3n) is 5.23. The number of hydrogen-bond donors (Lipinski definition) is 1. The Balaban J connectivity index is 1.55. The number of aliphatic imine (C=N–C) groups is 1. The molecule has 0 aromatic heterocycles. The number of hydrogen-bond acceptors (Lipinski definition) is 3. The van der Waals surface area contributed by atoms with Crippen LogP contribution < -0.4 is 5.32 Å². The van der Waals surface area contributed by atoms with E-state index in [9.17, 15) is 4.79 Å². The molecule has 0 radical (unpaired) electrons. The average molecular weight is 389 g/mol. The van der Waals surface area contributed by atoms with Gasteiger partial charge in [-0.2, -0.15) is 11.8 Å². The fourth-order valence-electron chi connectivity index (χ4n) is 3.76. The predicted molar refractivity (Wildman–Crippen MR) is 115 cm³/mol. The Hall–Kier alpha value is -1.69. The summed E-state index contributed by atoms with van der Waals surface area (Å²) in [6.45, 7) is 9.10. The summed E-state index contributed by atoms with van der Waals surface area (Å²) in [7, 11) is 1.84. The van der Waals surface area contributed by atoms with Crippen LogP contribution in [-0.2, 0) is 6.54 Å². The maximum atomic E-state index is 12.6. The van der Waals surface area contributed by atoms with Gasteiger partial charge in [0, 0.05) is 55.8 Å². The van der Waals surface area contributed by atoms with E-state index in [1.54, 1.807) is 0 Å². The lowest BCUT2D eigenvalue weighted by Crippen LogP contribution is -2.50. The van der Waals surface area contributed by atoms with Crippen LogP contribution in [0.25, 0.3) is 0 Å². The van der Waals surface area contributed by atoms with Crippen LogP contribution in [0.4, 0.5) is 0 Å². The molecule has 1 N–H and O–H groups in total. The van der Waals surface area contributed by atoms with Crippen molar-refractivity contribution in [3.05, 3.63) is 35.4 Å². The van der Waals surface area contributed by atoms with Crippen LogP contribution in [0, 0.1) is 0 Å². The largest absolute Gasteiger partial charge is 0.352 e. The standard InChI is InChI=1S/C21H32N4OS/c1-21(2)16-25(13-14-27-21)20(22-3)23-15-17-7-9-18(10-8-17)19(26)24-11-5-4-6-12-24/h7-10H,4-6,11-16H2,1-3H3,(H,22,23). The average Bonchev–Trinajstić information content (AvgIpc) is 2.68. The van der Waals surface area contributed by atoms with Gasteiger partial charge >= 0.3 is 0 Å². The summed E-state index contributed by atoms with van der Waals surface area (Å²) in [5.41, 5.74) is 1.96. The van der Waals surface area contributed by atoms with Gasteiger partial charge < -0.3 is 15.1 Å². The molecule has 0 bridgehead atoms. The number of amides is 1. The topological polar surface area (TPSA) is 47.9 Å². The van der Waals surface area contributed by atoms with E-state index in [-0.39, 0.29) is 10.7 Å². The van der Waals surface area contributed by atoms with Crippen molar-refractivity contribution in [3.8, 4) is 0 Å². The number of piperidine rings is 1. The molecule has 0 saturated carbocycles. The molecule has 1 aromatic carbocycles. The smallest absolute Gasteiger partial charge is 0.253 e. The molecule has 27 heavy (non-hydrogen) atoms. The third-order valence-corrected chi connectivity index (χ3v) is 6.53. The van der Waals surface area contributed by atoms with Gasteiger partial charge in [-0.1, -0.05) is 12.1 Å². The highest BCUT2D eigenvalue weighted by molar-refractivity contribution is 8.00. The Morgan fingerprint density at radius 2 is 1.81 bits per heavy atom. The van der Waals surface area contributed by atoms with Crippen LogP contribution in [0.3, 0.4) is 0 Å². The van der Waals surface area contributed by atoms with Crippen LogP contribution in [0.1, 0.15) is 49.0 Å². The first-order valence-electron chi connectivity index (χ1n) is 9.96. The second-order valence-corrected chi connectivity index (χ2v) is 9.78. The van der Waals surface area contributed by atoms with Crippen molar-refractivity contribution in [2.75, 3.05) is 39.0 Å². The van der Waals surface area contributed by atoms with Crippen LogP contribution >= 0.6 is 11.8 Å². The quantitative estimate of drug-likeness (QED) is 0.638. The minimum atomic E-state index is 0.165. The van der Waals surface area contributed by atoms with Crippen molar-refractivity contribution in [1.29, 1.82) is 0 Å². The number of guanidine groups is 1. The number of nitrogens with zero attached hydrogens (tertiary/aromatic N) is 3. The normalized spacial score (nSPS) is 20.5. The van der Waals surface area contributed by atoms with Gasteiger partial charge in [0.15, 0.2) is 5.96 Å².